The van der Waals surface area contributed by atoms with Gasteiger partial charge in [0.05, 0.1) is 18.2 Å². The summed E-state index contributed by atoms with van der Waals surface area (Å²) in [6.45, 7) is 3.16. The minimum Gasteiger partial charge on any atom is -0.395 e. The largest absolute Gasteiger partial charge is 0.395 e. The Hall–Kier alpha value is -1.54. The second-order valence-electron chi connectivity index (χ2n) is 4.74. The highest BCUT2D eigenvalue weighted by atomic mass is 35.5. The van der Waals surface area contributed by atoms with Crippen LogP contribution in [-0.2, 0) is 4.74 Å². The Labute approximate surface area is 130 Å². The van der Waals surface area contributed by atoms with Gasteiger partial charge in [0.1, 0.15) is 0 Å². The van der Waals surface area contributed by atoms with Crippen molar-refractivity contribution in [1.82, 2.24) is 5.32 Å². The number of amides is 1. The second-order valence-corrected chi connectivity index (χ2v) is 5.15. The first-order chi connectivity index (χ1) is 10.1. The van der Waals surface area contributed by atoms with E-state index >= 15 is 0 Å². The van der Waals surface area contributed by atoms with Crippen LogP contribution in [0.2, 0.25) is 5.02 Å². The monoisotopic (exact) mass is 309 g/mol. The van der Waals surface area contributed by atoms with E-state index in [9.17, 15) is 4.79 Å². The average molecular weight is 310 g/mol. The van der Waals surface area contributed by atoms with Crippen molar-refractivity contribution < 1.29 is 14.6 Å². The molecule has 0 aliphatic rings. The minimum atomic E-state index is -0.172. The number of halogens is 1. The van der Waals surface area contributed by atoms with Crippen LogP contribution in [0.5, 0.6) is 0 Å². The molecule has 1 unspecified atom stereocenters. The van der Waals surface area contributed by atoms with Crippen LogP contribution < -0.4 is 5.32 Å². The van der Waals surface area contributed by atoms with Crippen LogP contribution in [0.15, 0.2) is 18.2 Å². The SMILES string of the molecule is COCC(C)CNC(=O)c1ccc(C#CCCO)c(Cl)c1. The molecule has 1 rings (SSSR count). The minimum absolute atomic E-state index is 0.0186. The van der Waals surface area contributed by atoms with Crippen LogP contribution in [0.4, 0.5) is 0 Å². The molecule has 0 spiro atoms. The van der Waals surface area contributed by atoms with Gasteiger partial charge in [-0.3, -0.25) is 4.79 Å². The number of hydrogen-bond acceptors (Lipinski definition) is 3. The summed E-state index contributed by atoms with van der Waals surface area (Å²) >= 11 is 6.10. The van der Waals surface area contributed by atoms with E-state index in [-0.39, 0.29) is 18.4 Å². The van der Waals surface area contributed by atoms with Gasteiger partial charge < -0.3 is 15.2 Å². The lowest BCUT2D eigenvalue weighted by molar-refractivity contribution is 0.0934. The summed E-state index contributed by atoms with van der Waals surface area (Å²) in [6.07, 6.45) is 0.399. The number of carbonyl (C=O) groups is 1. The van der Waals surface area contributed by atoms with Gasteiger partial charge in [-0.15, -0.1) is 0 Å². The van der Waals surface area contributed by atoms with Gasteiger partial charge in [0.25, 0.3) is 5.91 Å². The molecule has 21 heavy (non-hydrogen) atoms. The zero-order valence-corrected chi connectivity index (χ0v) is 13.0. The second kappa shape index (κ2) is 9.41. The third-order valence-electron chi connectivity index (χ3n) is 2.75. The first-order valence-corrected chi connectivity index (χ1v) is 7.12. The number of ether oxygens (including phenoxy) is 1. The molecule has 0 saturated heterocycles. The van der Waals surface area contributed by atoms with Gasteiger partial charge in [-0.1, -0.05) is 30.4 Å². The maximum Gasteiger partial charge on any atom is 0.251 e. The number of nitrogens with one attached hydrogen (secondary N) is 1. The number of benzene rings is 1. The molecule has 0 fully saturated rings. The van der Waals surface area contributed by atoms with Crippen molar-refractivity contribution in [3.63, 3.8) is 0 Å². The highest BCUT2D eigenvalue weighted by molar-refractivity contribution is 6.32. The molecule has 0 aromatic heterocycles. The van der Waals surface area contributed by atoms with Crippen LogP contribution in [-0.4, -0.2) is 37.9 Å². The molecule has 0 aliphatic carbocycles. The Kier molecular flexibility index (Phi) is 7.84. The molecule has 0 heterocycles. The van der Waals surface area contributed by atoms with Gasteiger partial charge in [-0.05, 0) is 24.1 Å². The molecule has 1 aromatic carbocycles. The van der Waals surface area contributed by atoms with E-state index in [1.54, 1.807) is 25.3 Å². The lowest BCUT2D eigenvalue weighted by Gasteiger charge is -2.11. The van der Waals surface area contributed by atoms with E-state index < -0.39 is 0 Å². The van der Waals surface area contributed by atoms with Gasteiger partial charge in [0.2, 0.25) is 0 Å². The topological polar surface area (TPSA) is 58.6 Å². The van der Waals surface area contributed by atoms with Gasteiger partial charge in [0, 0.05) is 31.2 Å². The first-order valence-electron chi connectivity index (χ1n) is 6.75. The maximum atomic E-state index is 12.0. The van der Waals surface area contributed by atoms with Crippen molar-refractivity contribution in [1.29, 1.82) is 0 Å². The molecule has 1 amide bonds. The smallest absolute Gasteiger partial charge is 0.251 e. The fourth-order valence-corrected chi connectivity index (χ4v) is 1.91. The zero-order valence-electron chi connectivity index (χ0n) is 12.3. The summed E-state index contributed by atoms with van der Waals surface area (Å²) < 4.78 is 5.02. The molecular formula is C16H20ClNO3. The average Bonchev–Trinajstić information content (AvgIpc) is 2.47. The molecule has 1 atom stereocenters. The van der Waals surface area contributed by atoms with Crippen LogP contribution in [0.1, 0.15) is 29.3 Å². The maximum absolute atomic E-state index is 12.0. The summed E-state index contributed by atoms with van der Waals surface area (Å²) in [5.74, 6) is 5.73. The Bertz CT molecular complexity index is 534. The molecule has 0 bridgehead atoms. The molecule has 2 N–H and O–H groups in total. The summed E-state index contributed by atoms with van der Waals surface area (Å²) in [5, 5.41) is 11.9. The van der Waals surface area contributed by atoms with Crippen molar-refractivity contribution >= 4 is 17.5 Å². The number of rotatable bonds is 6. The van der Waals surface area contributed by atoms with Crippen LogP contribution >= 0.6 is 11.6 Å². The number of methoxy groups -OCH3 is 1. The molecule has 114 valence electrons. The third kappa shape index (κ3) is 6.17. The molecular weight excluding hydrogens is 290 g/mol. The highest BCUT2D eigenvalue weighted by Crippen LogP contribution is 2.17. The predicted octanol–water partition coefficient (Wildman–Crippen LogP) is 2.09. The Balaban J connectivity index is 2.66. The molecule has 0 radical (unpaired) electrons. The number of carbonyl (C=O) groups excluding carboxylic acids is 1. The van der Waals surface area contributed by atoms with Gasteiger partial charge in [-0.25, -0.2) is 0 Å². The standard InChI is InChI=1S/C16H20ClNO3/c1-12(11-21-2)10-18-16(20)14-7-6-13(15(17)9-14)5-3-4-8-19/h6-7,9,12,19H,4,8,10-11H2,1-2H3,(H,18,20). The number of hydrogen-bond donors (Lipinski definition) is 2. The van der Waals surface area contributed by atoms with E-state index in [0.29, 0.717) is 35.7 Å². The summed E-state index contributed by atoms with van der Waals surface area (Å²) in [6, 6.07) is 4.99. The first kappa shape index (κ1) is 17.5. The number of aliphatic hydroxyl groups is 1. The Morgan fingerprint density at radius 3 is 2.90 bits per heavy atom. The predicted molar refractivity (Wildman–Crippen MR) is 83.4 cm³/mol. The van der Waals surface area contributed by atoms with Gasteiger partial charge in [-0.2, -0.15) is 0 Å². The van der Waals surface area contributed by atoms with E-state index in [1.807, 2.05) is 6.92 Å². The van der Waals surface area contributed by atoms with E-state index in [0.717, 1.165) is 0 Å². The van der Waals surface area contributed by atoms with Crippen LogP contribution in [0.25, 0.3) is 0 Å². The number of aliphatic hydroxyl groups excluding tert-OH is 1. The van der Waals surface area contributed by atoms with Crippen molar-refractivity contribution in [3.05, 3.63) is 34.3 Å². The molecule has 4 nitrogen and oxygen atoms in total. The Morgan fingerprint density at radius 2 is 2.29 bits per heavy atom. The Morgan fingerprint density at radius 1 is 1.52 bits per heavy atom. The highest BCUT2D eigenvalue weighted by Gasteiger charge is 2.09. The van der Waals surface area contributed by atoms with E-state index in [1.165, 1.54) is 0 Å². The zero-order chi connectivity index (χ0) is 15.7. The quantitative estimate of drug-likeness (QED) is 0.791. The molecule has 0 saturated carbocycles. The summed E-state index contributed by atoms with van der Waals surface area (Å²) in [4.78, 5) is 12.0. The van der Waals surface area contributed by atoms with Gasteiger partial charge in [0.15, 0.2) is 0 Å². The van der Waals surface area contributed by atoms with Crippen molar-refractivity contribution in [2.75, 3.05) is 26.9 Å². The normalized spacial score (nSPS) is 11.4. The molecule has 0 aliphatic heterocycles. The fraction of sp³-hybridized carbons (Fsp3) is 0.438. The van der Waals surface area contributed by atoms with Crippen LogP contribution in [0.3, 0.4) is 0 Å². The van der Waals surface area contributed by atoms with Crippen molar-refractivity contribution in [2.24, 2.45) is 5.92 Å². The molecule has 5 heteroatoms. The lowest BCUT2D eigenvalue weighted by Crippen LogP contribution is -2.29. The van der Waals surface area contributed by atoms with Crippen molar-refractivity contribution in [3.8, 4) is 11.8 Å². The lowest BCUT2D eigenvalue weighted by atomic mass is 10.1. The van der Waals surface area contributed by atoms with E-state index in [2.05, 4.69) is 17.2 Å². The summed E-state index contributed by atoms with van der Waals surface area (Å²) in [5.41, 5.74) is 1.15. The van der Waals surface area contributed by atoms with Crippen LogP contribution in [0, 0.1) is 17.8 Å². The fourth-order valence-electron chi connectivity index (χ4n) is 1.68. The molecule has 1 aromatic rings. The van der Waals surface area contributed by atoms with E-state index in [4.69, 9.17) is 21.4 Å². The summed E-state index contributed by atoms with van der Waals surface area (Å²) in [7, 11) is 1.63. The van der Waals surface area contributed by atoms with Crippen molar-refractivity contribution in [2.45, 2.75) is 13.3 Å². The van der Waals surface area contributed by atoms with Gasteiger partial charge >= 0.3 is 0 Å². The third-order valence-corrected chi connectivity index (χ3v) is 3.07.